The molecule has 0 aromatic rings. The van der Waals surface area contributed by atoms with E-state index in [0.29, 0.717) is 13.2 Å². The topological polar surface area (TPSA) is 58.6 Å². The quantitative estimate of drug-likeness (QED) is 0.568. The van der Waals surface area contributed by atoms with E-state index in [2.05, 4.69) is 5.32 Å². The lowest BCUT2D eigenvalue weighted by atomic mass is 9.83. The molecule has 12 heavy (non-hydrogen) atoms. The molecule has 2 fully saturated rings. The Morgan fingerprint density at radius 3 is 3.08 bits per heavy atom. The molecule has 2 saturated heterocycles. The van der Waals surface area contributed by atoms with Crippen molar-refractivity contribution in [1.82, 2.24) is 5.32 Å². The van der Waals surface area contributed by atoms with Crippen LogP contribution in [0.3, 0.4) is 0 Å². The zero-order chi connectivity index (χ0) is 8.55. The van der Waals surface area contributed by atoms with Crippen LogP contribution < -0.4 is 5.32 Å². The fourth-order valence-corrected chi connectivity index (χ4v) is 2.12. The maximum Gasteiger partial charge on any atom is 0.306 e. The second-order valence-electron chi connectivity index (χ2n) is 3.50. The minimum atomic E-state index is -0.669. The zero-order valence-corrected chi connectivity index (χ0v) is 6.82. The molecule has 0 aliphatic carbocycles. The highest BCUT2D eigenvalue weighted by Gasteiger charge is 2.40. The number of ether oxygens (including phenoxy) is 1. The van der Waals surface area contributed by atoms with E-state index in [-0.39, 0.29) is 17.9 Å². The first-order chi connectivity index (χ1) is 5.79. The molecule has 2 N–H and O–H groups in total. The molecule has 4 nitrogen and oxygen atoms in total. The van der Waals surface area contributed by atoms with Crippen LogP contribution in [-0.4, -0.2) is 36.9 Å². The van der Waals surface area contributed by atoms with E-state index in [4.69, 9.17) is 9.84 Å². The Bertz CT molecular complexity index is 195. The van der Waals surface area contributed by atoms with Gasteiger partial charge in [-0.1, -0.05) is 0 Å². The highest BCUT2D eigenvalue weighted by molar-refractivity contribution is 5.70. The van der Waals surface area contributed by atoms with E-state index in [1.807, 2.05) is 0 Å². The van der Waals surface area contributed by atoms with E-state index < -0.39 is 5.97 Å². The monoisotopic (exact) mass is 171 g/mol. The molecule has 2 aliphatic rings. The van der Waals surface area contributed by atoms with Crippen molar-refractivity contribution in [3.63, 3.8) is 0 Å². The van der Waals surface area contributed by atoms with E-state index >= 15 is 0 Å². The predicted molar refractivity (Wildman–Crippen MR) is 41.8 cm³/mol. The van der Waals surface area contributed by atoms with Gasteiger partial charge in [-0.05, 0) is 13.0 Å². The summed E-state index contributed by atoms with van der Waals surface area (Å²) in [7, 11) is 0. The summed E-state index contributed by atoms with van der Waals surface area (Å²) in [5.74, 6) is -0.674. The van der Waals surface area contributed by atoms with Crippen LogP contribution in [0.2, 0.25) is 0 Å². The molecular weight excluding hydrogens is 158 g/mol. The lowest BCUT2D eigenvalue weighted by Crippen LogP contribution is -2.47. The van der Waals surface area contributed by atoms with Crippen molar-refractivity contribution >= 4 is 5.97 Å². The second-order valence-corrected chi connectivity index (χ2v) is 3.50. The van der Waals surface area contributed by atoms with Crippen LogP contribution in [0.25, 0.3) is 0 Å². The first kappa shape index (κ1) is 8.01. The number of fused-ring (bicyclic) bond motifs is 1. The molecule has 0 aromatic carbocycles. The first-order valence-corrected chi connectivity index (χ1v) is 4.33. The summed E-state index contributed by atoms with van der Waals surface area (Å²) in [6.45, 7) is 2.09. The Morgan fingerprint density at radius 2 is 2.33 bits per heavy atom. The Morgan fingerprint density at radius 1 is 1.50 bits per heavy atom. The maximum atomic E-state index is 10.8. The van der Waals surface area contributed by atoms with Gasteiger partial charge in [0, 0.05) is 12.0 Å². The van der Waals surface area contributed by atoms with Crippen molar-refractivity contribution in [2.24, 2.45) is 11.8 Å². The van der Waals surface area contributed by atoms with Crippen LogP contribution >= 0.6 is 0 Å². The minimum Gasteiger partial charge on any atom is -0.481 e. The van der Waals surface area contributed by atoms with Crippen LogP contribution in [-0.2, 0) is 9.53 Å². The molecule has 0 radical (unpaired) electrons. The number of hydrogen-bond acceptors (Lipinski definition) is 3. The standard InChI is InChI=1S/C8H13NO3/c10-8(11)5-1-2-9-7-4-12-3-6(5)7/h5-7,9H,1-4H2,(H,10,11)/t5-,6+,7-/m0/s1. The summed E-state index contributed by atoms with van der Waals surface area (Å²) in [4.78, 5) is 10.8. The summed E-state index contributed by atoms with van der Waals surface area (Å²) in [5, 5.41) is 12.2. The van der Waals surface area contributed by atoms with Crippen molar-refractivity contribution in [3.05, 3.63) is 0 Å². The van der Waals surface area contributed by atoms with Gasteiger partial charge >= 0.3 is 5.97 Å². The lowest BCUT2D eigenvalue weighted by molar-refractivity contribution is -0.144. The SMILES string of the molecule is O=C(O)[C@H]1CCN[C@H]2COC[C@@H]21. The molecule has 2 heterocycles. The molecular formula is C8H13NO3. The first-order valence-electron chi connectivity index (χ1n) is 4.33. The molecule has 0 unspecified atom stereocenters. The van der Waals surface area contributed by atoms with Gasteiger partial charge in [0.05, 0.1) is 19.1 Å². The van der Waals surface area contributed by atoms with Gasteiger partial charge in [-0.3, -0.25) is 4.79 Å². The Kier molecular flexibility index (Phi) is 2.02. The Labute approximate surface area is 70.9 Å². The van der Waals surface area contributed by atoms with Gasteiger partial charge in [0.1, 0.15) is 0 Å². The molecule has 0 amide bonds. The summed E-state index contributed by atoms with van der Waals surface area (Å²) < 4.78 is 5.25. The fourth-order valence-electron chi connectivity index (χ4n) is 2.12. The van der Waals surface area contributed by atoms with Crippen molar-refractivity contribution in [1.29, 1.82) is 0 Å². The number of carbonyl (C=O) groups is 1. The van der Waals surface area contributed by atoms with Crippen molar-refractivity contribution in [2.45, 2.75) is 12.5 Å². The van der Waals surface area contributed by atoms with Crippen molar-refractivity contribution in [3.8, 4) is 0 Å². The normalized spacial score (nSPS) is 40.8. The van der Waals surface area contributed by atoms with Gasteiger partial charge in [0.15, 0.2) is 0 Å². The summed E-state index contributed by atoms with van der Waals surface area (Å²) in [6.07, 6.45) is 0.736. The molecule has 2 rings (SSSR count). The van der Waals surface area contributed by atoms with E-state index in [9.17, 15) is 4.79 Å². The van der Waals surface area contributed by atoms with Gasteiger partial charge in [0.2, 0.25) is 0 Å². The molecule has 4 heteroatoms. The largest absolute Gasteiger partial charge is 0.481 e. The summed E-state index contributed by atoms with van der Waals surface area (Å²) in [5.41, 5.74) is 0. The van der Waals surface area contributed by atoms with E-state index in [1.54, 1.807) is 0 Å². The van der Waals surface area contributed by atoms with Crippen LogP contribution in [0.15, 0.2) is 0 Å². The third-order valence-corrected chi connectivity index (χ3v) is 2.82. The smallest absolute Gasteiger partial charge is 0.306 e. The molecule has 0 bridgehead atoms. The summed E-state index contributed by atoms with van der Waals surface area (Å²) in [6, 6.07) is 0.278. The van der Waals surface area contributed by atoms with Crippen LogP contribution in [0.1, 0.15) is 6.42 Å². The minimum absolute atomic E-state index is 0.191. The molecule has 2 aliphatic heterocycles. The fraction of sp³-hybridized carbons (Fsp3) is 0.875. The zero-order valence-electron chi connectivity index (χ0n) is 6.82. The van der Waals surface area contributed by atoms with Gasteiger partial charge in [-0.2, -0.15) is 0 Å². The number of rotatable bonds is 1. The Hall–Kier alpha value is -0.610. The van der Waals surface area contributed by atoms with Crippen LogP contribution in [0.4, 0.5) is 0 Å². The molecule has 0 spiro atoms. The van der Waals surface area contributed by atoms with Crippen molar-refractivity contribution in [2.75, 3.05) is 19.8 Å². The lowest BCUT2D eigenvalue weighted by Gasteiger charge is -2.30. The highest BCUT2D eigenvalue weighted by Crippen LogP contribution is 2.28. The molecule has 68 valence electrons. The summed E-state index contributed by atoms with van der Waals surface area (Å²) >= 11 is 0. The molecule has 3 atom stereocenters. The number of piperidine rings is 1. The number of nitrogens with one attached hydrogen (secondary N) is 1. The number of hydrogen-bond donors (Lipinski definition) is 2. The van der Waals surface area contributed by atoms with E-state index in [0.717, 1.165) is 13.0 Å². The average Bonchev–Trinajstić information content (AvgIpc) is 2.49. The van der Waals surface area contributed by atoms with E-state index in [1.165, 1.54) is 0 Å². The number of aliphatic carboxylic acids is 1. The number of carboxylic acid groups (broad SMARTS) is 1. The average molecular weight is 171 g/mol. The maximum absolute atomic E-state index is 10.8. The third kappa shape index (κ3) is 1.21. The Balaban J connectivity index is 2.08. The van der Waals surface area contributed by atoms with Gasteiger partial charge in [0.25, 0.3) is 0 Å². The number of carboxylic acids is 1. The second kappa shape index (κ2) is 3.03. The van der Waals surface area contributed by atoms with Gasteiger partial charge in [-0.25, -0.2) is 0 Å². The molecule has 0 aromatic heterocycles. The van der Waals surface area contributed by atoms with Crippen LogP contribution in [0, 0.1) is 11.8 Å². The van der Waals surface area contributed by atoms with Gasteiger partial charge in [-0.15, -0.1) is 0 Å². The van der Waals surface area contributed by atoms with Crippen LogP contribution in [0.5, 0.6) is 0 Å². The van der Waals surface area contributed by atoms with Gasteiger partial charge < -0.3 is 15.2 Å². The third-order valence-electron chi connectivity index (χ3n) is 2.82. The predicted octanol–water partition coefficient (Wildman–Crippen LogP) is -0.304. The van der Waals surface area contributed by atoms with Crippen molar-refractivity contribution < 1.29 is 14.6 Å². The highest BCUT2D eigenvalue weighted by atomic mass is 16.5. The molecule has 0 saturated carbocycles.